The maximum atomic E-state index is 12.3. The lowest BCUT2D eigenvalue weighted by Gasteiger charge is -2.34. The third-order valence-corrected chi connectivity index (χ3v) is 2.96. The van der Waals surface area contributed by atoms with Crippen LogP contribution in [-0.2, 0) is 4.74 Å². The van der Waals surface area contributed by atoms with Crippen LogP contribution >= 0.6 is 0 Å². The first-order valence-electron chi connectivity index (χ1n) is 6.27. The van der Waals surface area contributed by atoms with Crippen LogP contribution < -0.4 is 5.73 Å². The molecular weight excluding hydrogens is 250 g/mol. The molecule has 1 aromatic heterocycles. The molecule has 1 aliphatic rings. The number of ether oxygens (including phenoxy) is 1. The van der Waals surface area contributed by atoms with Gasteiger partial charge in [-0.15, -0.1) is 0 Å². The number of aliphatic hydroxyl groups excluding tert-OH is 1. The minimum absolute atomic E-state index is 0.00114. The standard InChI is InChI=1S/C12H19N3O4/c1-7-3-15(4-8(2)19-7)12(17)10-6-18-11(14-10)9(13)5-16/h6-9,16H,3-5,13H2,1-2H3. The van der Waals surface area contributed by atoms with Crippen molar-refractivity contribution in [2.45, 2.75) is 32.1 Å². The number of hydrogen-bond acceptors (Lipinski definition) is 6. The van der Waals surface area contributed by atoms with E-state index in [1.807, 2.05) is 13.8 Å². The third kappa shape index (κ3) is 3.12. The van der Waals surface area contributed by atoms with Gasteiger partial charge in [0.2, 0.25) is 5.89 Å². The van der Waals surface area contributed by atoms with Crippen molar-refractivity contribution in [1.82, 2.24) is 9.88 Å². The number of carbonyl (C=O) groups excluding carboxylic acids is 1. The number of nitrogens with zero attached hydrogens (tertiary/aromatic N) is 2. The Morgan fingerprint density at radius 3 is 2.79 bits per heavy atom. The van der Waals surface area contributed by atoms with Gasteiger partial charge < -0.3 is 24.9 Å². The Hall–Kier alpha value is -1.44. The van der Waals surface area contributed by atoms with Crippen molar-refractivity contribution in [2.24, 2.45) is 5.73 Å². The maximum Gasteiger partial charge on any atom is 0.275 e. The summed E-state index contributed by atoms with van der Waals surface area (Å²) < 4.78 is 10.7. The number of morpholine rings is 1. The average Bonchev–Trinajstić information content (AvgIpc) is 2.85. The van der Waals surface area contributed by atoms with Gasteiger partial charge in [0, 0.05) is 13.1 Å². The van der Waals surface area contributed by atoms with E-state index in [1.165, 1.54) is 6.26 Å². The predicted octanol–water partition coefficient (Wildman–Crippen LogP) is -0.0839. The molecule has 0 spiro atoms. The summed E-state index contributed by atoms with van der Waals surface area (Å²) in [5.41, 5.74) is 5.79. The van der Waals surface area contributed by atoms with Crippen molar-refractivity contribution in [1.29, 1.82) is 0 Å². The van der Waals surface area contributed by atoms with Crippen LogP contribution in [0.1, 0.15) is 36.3 Å². The zero-order valence-electron chi connectivity index (χ0n) is 11.1. The normalized spacial score (nSPS) is 25.4. The molecule has 2 heterocycles. The summed E-state index contributed by atoms with van der Waals surface area (Å²) in [5.74, 6) is -0.0395. The number of hydrogen-bond donors (Lipinski definition) is 2. The highest BCUT2D eigenvalue weighted by atomic mass is 16.5. The molecule has 0 bridgehead atoms. The van der Waals surface area contributed by atoms with Crippen LogP contribution in [0.4, 0.5) is 0 Å². The van der Waals surface area contributed by atoms with Gasteiger partial charge >= 0.3 is 0 Å². The summed E-state index contributed by atoms with van der Waals surface area (Å²) in [4.78, 5) is 18.0. The second-order valence-corrected chi connectivity index (χ2v) is 4.83. The summed E-state index contributed by atoms with van der Waals surface area (Å²) in [6.45, 7) is 4.62. The molecule has 7 heteroatoms. The van der Waals surface area contributed by atoms with Gasteiger partial charge in [-0.3, -0.25) is 4.79 Å². The van der Waals surface area contributed by atoms with E-state index >= 15 is 0 Å². The molecule has 0 aromatic carbocycles. The lowest BCUT2D eigenvalue weighted by atomic mass is 10.2. The Morgan fingerprint density at radius 1 is 1.58 bits per heavy atom. The highest BCUT2D eigenvalue weighted by Crippen LogP contribution is 2.15. The Morgan fingerprint density at radius 2 is 2.21 bits per heavy atom. The molecule has 1 fully saturated rings. The highest BCUT2D eigenvalue weighted by Gasteiger charge is 2.28. The minimum atomic E-state index is -0.705. The third-order valence-electron chi connectivity index (χ3n) is 2.96. The summed E-state index contributed by atoms with van der Waals surface area (Å²) in [5, 5.41) is 8.92. The molecule has 19 heavy (non-hydrogen) atoms. The molecule has 1 aromatic rings. The summed E-state index contributed by atoms with van der Waals surface area (Å²) in [6.07, 6.45) is 1.27. The van der Waals surface area contributed by atoms with Gasteiger partial charge in [0.25, 0.3) is 5.91 Å². The van der Waals surface area contributed by atoms with Crippen LogP contribution in [0.25, 0.3) is 0 Å². The van der Waals surface area contributed by atoms with Gasteiger partial charge in [-0.25, -0.2) is 4.98 Å². The van der Waals surface area contributed by atoms with Crippen molar-refractivity contribution >= 4 is 5.91 Å². The molecule has 7 nitrogen and oxygen atoms in total. The van der Waals surface area contributed by atoms with Crippen LogP contribution in [0.5, 0.6) is 0 Å². The van der Waals surface area contributed by atoms with Crippen molar-refractivity contribution in [3.8, 4) is 0 Å². The molecule has 1 saturated heterocycles. The monoisotopic (exact) mass is 269 g/mol. The fourth-order valence-electron chi connectivity index (χ4n) is 2.14. The van der Waals surface area contributed by atoms with Gasteiger partial charge in [-0.1, -0.05) is 0 Å². The highest BCUT2D eigenvalue weighted by molar-refractivity contribution is 5.92. The number of aromatic nitrogens is 1. The molecule has 0 saturated carbocycles. The molecule has 1 amide bonds. The van der Waals surface area contributed by atoms with Gasteiger partial charge in [-0.05, 0) is 13.8 Å². The molecular formula is C12H19N3O4. The second kappa shape index (κ2) is 5.68. The van der Waals surface area contributed by atoms with E-state index < -0.39 is 6.04 Å². The molecule has 1 aliphatic heterocycles. The maximum absolute atomic E-state index is 12.3. The van der Waals surface area contributed by atoms with Gasteiger partial charge in [-0.2, -0.15) is 0 Å². The Balaban J connectivity index is 2.08. The van der Waals surface area contributed by atoms with Crippen molar-refractivity contribution in [3.05, 3.63) is 17.8 Å². The first kappa shape index (κ1) is 14.0. The quantitative estimate of drug-likeness (QED) is 0.795. The zero-order valence-corrected chi connectivity index (χ0v) is 11.1. The largest absolute Gasteiger partial charge is 0.446 e. The number of aliphatic hydroxyl groups is 1. The Kier molecular flexibility index (Phi) is 4.18. The first-order valence-corrected chi connectivity index (χ1v) is 6.27. The molecule has 3 N–H and O–H groups in total. The van der Waals surface area contributed by atoms with Crippen LogP contribution in [0, 0.1) is 0 Å². The van der Waals surface area contributed by atoms with E-state index in [4.69, 9.17) is 20.0 Å². The average molecular weight is 269 g/mol. The van der Waals surface area contributed by atoms with Gasteiger partial charge in [0.15, 0.2) is 5.69 Å². The number of rotatable bonds is 3. The lowest BCUT2D eigenvalue weighted by Crippen LogP contribution is -2.48. The first-order chi connectivity index (χ1) is 9.01. The van der Waals surface area contributed by atoms with Crippen molar-refractivity contribution < 1.29 is 19.1 Å². The number of amides is 1. The van der Waals surface area contributed by atoms with Crippen LogP contribution in [0.15, 0.2) is 10.7 Å². The van der Waals surface area contributed by atoms with Gasteiger partial charge in [0.05, 0.1) is 18.8 Å². The van der Waals surface area contributed by atoms with E-state index in [2.05, 4.69) is 4.98 Å². The Bertz CT molecular complexity index is 438. The molecule has 0 aliphatic carbocycles. The number of nitrogens with two attached hydrogens (primary N) is 1. The van der Waals surface area contributed by atoms with Crippen LogP contribution in [0.2, 0.25) is 0 Å². The van der Waals surface area contributed by atoms with Crippen molar-refractivity contribution in [2.75, 3.05) is 19.7 Å². The lowest BCUT2D eigenvalue weighted by molar-refractivity contribution is -0.0587. The fourth-order valence-corrected chi connectivity index (χ4v) is 2.14. The summed E-state index contributed by atoms with van der Waals surface area (Å²) in [6, 6.07) is -0.705. The number of carbonyl (C=O) groups is 1. The Labute approximate surface area is 111 Å². The number of oxazole rings is 1. The zero-order chi connectivity index (χ0) is 14.0. The van der Waals surface area contributed by atoms with E-state index in [1.54, 1.807) is 4.90 Å². The molecule has 0 radical (unpaired) electrons. The molecule has 3 atom stereocenters. The SMILES string of the molecule is CC1CN(C(=O)c2coc(C(N)CO)n2)CC(C)O1. The van der Waals surface area contributed by atoms with E-state index in [0.717, 1.165) is 0 Å². The summed E-state index contributed by atoms with van der Waals surface area (Å²) >= 11 is 0. The van der Waals surface area contributed by atoms with Crippen molar-refractivity contribution in [3.63, 3.8) is 0 Å². The van der Waals surface area contributed by atoms with E-state index in [9.17, 15) is 4.79 Å². The van der Waals surface area contributed by atoms with E-state index in [0.29, 0.717) is 13.1 Å². The smallest absolute Gasteiger partial charge is 0.275 e. The molecule has 3 unspecified atom stereocenters. The minimum Gasteiger partial charge on any atom is -0.446 e. The molecule has 2 rings (SSSR count). The molecule has 106 valence electrons. The van der Waals surface area contributed by atoms with Crippen LogP contribution in [0.3, 0.4) is 0 Å². The van der Waals surface area contributed by atoms with Crippen LogP contribution in [-0.4, -0.2) is 52.8 Å². The topological polar surface area (TPSA) is 102 Å². The van der Waals surface area contributed by atoms with Gasteiger partial charge in [0.1, 0.15) is 12.3 Å². The van der Waals surface area contributed by atoms with E-state index in [-0.39, 0.29) is 36.3 Å². The fraction of sp³-hybridized carbons (Fsp3) is 0.667. The summed E-state index contributed by atoms with van der Waals surface area (Å²) in [7, 11) is 0. The predicted molar refractivity (Wildman–Crippen MR) is 66.4 cm³/mol. The second-order valence-electron chi connectivity index (χ2n) is 4.83.